The molecule has 0 nitrogen and oxygen atoms in total. The highest BCUT2D eigenvalue weighted by Crippen LogP contribution is 2.61. The summed E-state index contributed by atoms with van der Waals surface area (Å²) >= 11 is 0. The fourth-order valence-electron chi connectivity index (χ4n) is 1.95. The molecule has 2 unspecified atom stereocenters. The van der Waals surface area contributed by atoms with Gasteiger partial charge in [0, 0.05) is 5.41 Å². The predicted octanol–water partition coefficient (Wildman–Crippen LogP) is 2.38. The van der Waals surface area contributed by atoms with Crippen LogP contribution >= 0.6 is 0 Å². The second-order valence-corrected chi connectivity index (χ2v) is 3.30. The normalized spacial score (nSPS) is 42.4. The largest absolute Gasteiger partial charge is 0.0740 e. The zero-order chi connectivity index (χ0) is 6.48. The van der Waals surface area contributed by atoms with Gasteiger partial charge in [-0.15, -0.1) is 0 Å². The molecule has 0 N–H and O–H groups in total. The minimum Gasteiger partial charge on any atom is -0.0740 e. The van der Waals surface area contributed by atoms with Crippen molar-refractivity contribution >= 4 is 0 Å². The summed E-state index contributed by atoms with van der Waals surface area (Å²) in [6.45, 7) is 4.65. The van der Waals surface area contributed by atoms with Crippen molar-refractivity contribution in [3.63, 3.8) is 0 Å². The van der Waals surface area contributed by atoms with Gasteiger partial charge < -0.3 is 0 Å². The van der Waals surface area contributed by atoms with E-state index < -0.39 is 0 Å². The van der Waals surface area contributed by atoms with Gasteiger partial charge in [-0.25, -0.2) is 0 Å². The van der Waals surface area contributed by atoms with Crippen molar-refractivity contribution in [2.45, 2.75) is 13.8 Å². The Morgan fingerprint density at radius 3 is 1.67 bits per heavy atom. The molecule has 0 heterocycles. The molecule has 2 rings (SSSR count). The summed E-state index contributed by atoms with van der Waals surface area (Å²) in [5.41, 5.74) is 0.500. The summed E-state index contributed by atoms with van der Waals surface area (Å²) in [7, 11) is 0. The average Bonchev–Trinajstić information content (AvgIpc) is 2.44. The first-order valence-electron chi connectivity index (χ1n) is 3.64. The van der Waals surface area contributed by atoms with Gasteiger partial charge in [0.15, 0.2) is 0 Å². The Kier molecular flexibility index (Phi) is 0.769. The Hall–Kier alpha value is -0.520. The quantitative estimate of drug-likeness (QED) is 0.460. The average molecular weight is 120 g/mol. The van der Waals surface area contributed by atoms with E-state index in [1.807, 2.05) is 0 Å². The van der Waals surface area contributed by atoms with Crippen LogP contribution in [0.25, 0.3) is 0 Å². The minimum atomic E-state index is 0.500. The molecule has 0 aromatic carbocycles. The Bertz CT molecular complexity index is 164. The topological polar surface area (TPSA) is 0 Å². The van der Waals surface area contributed by atoms with Crippen molar-refractivity contribution in [2.75, 3.05) is 0 Å². The molecule has 0 heteroatoms. The van der Waals surface area contributed by atoms with Gasteiger partial charge in [-0.05, 0) is 11.8 Å². The Morgan fingerprint density at radius 1 is 1.00 bits per heavy atom. The van der Waals surface area contributed by atoms with Crippen LogP contribution in [0, 0.1) is 17.3 Å². The summed E-state index contributed by atoms with van der Waals surface area (Å²) in [5, 5.41) is 0. The molecule has 0 saturated heterocycles. The Morgan fingerprint density at radius 2 is 1.44 bits per heavy atom. The first kappa shape index (κ1) is 5.28. The van der Waals surface area contributed by atoms with Gasteiger partial charge in [0.2, 0.25) is 0 Å². The lowest BCUT2D eigenvalue weighted by Gasteiger charge is -1.97. The molecule has 0 aromatic rings. The number of hydrogen-bond donors (Lipinski definition) is 0. The second-order valence-electron chi connectivity index (χ2n) is 3.30. The maximum Gasteiger partial charge on any atom is 0.0124 e. The van der Waals surface area contributed by atoms with Crippen molar-refractivity contribution in [1.29, 1.82) is 0 Å². The molecule has 2 aliphatic carbocycles. The van der Waals surface area contributed by atoms with Crippen molar-refractivity contribution in [3.8, 4) is 0 Å². The van der Waals surface area contributed by atoms with Gasteiger partial charge in [0.25, 0.3) is 0 Å². The van der Waals surface area contributed by atoms with Gasteiger partial charge in [0.05, 0.1) is 0 Å². The van der Waals surface area contributed by atoms with Crippen molar-refractivity contribution in [1.82, 2.24) is 0 Å². The fraction of sp³-hybridized carbons (Fsp3) is 0.556. The molecule has 2 atom stereocenters. The maximum atomic E-state index is 2.34. The third kappa shape index (κ3) is 0.444. The Labute approximate surface area is 56.3 Å². The van der Waals surface area contributed by atoms with E-state index in [9.17, 15) is 0 Å². The van der Waals surface area contributed by atoms with E-state index in [1.54, 1.807) is 0 Å². The van der Waals surface area contributed by atoms with Gasteiger partial charge in [-0.1, -0.05) is 38.2 Å². The predicted molar refractivity (Wildman–Crippen MR) is 39.0 cm³/mol. The van der Waals surface area contributed by atoms with Crippen LogP contribution < -0.4 is 0 Å². The van der Waals surface area contributed by atoms with Crippen LogP contribution in [0.4, 0.5) is 0 Å². The van der Waals surface area contributed by atoms with Gasteiger partial charge in [0.1, 0.15) is 0 Å². The van der Waals surface area contributed by atoms with E-state index in [0.29, 0.717) is 5.41 Å². The smallest absolute Gasteiger partial charge is 0.0124 e. The molecule has 1 saturated carbocycles. The highest BCUT2D eigenvalue weighted by Gasteiger charge is 2.55. The number of rotatable bonds is 0. The first-order chi connectivity index (χ1) is 4.27. The Balaban J connectivity index is 2.31. The van der Waals surface area contributed by atoms with Crippen molar-refractivity contribution < 1.29 is 0 Å². The highest BCUT2D eigenvalue weighted by molar-refractivity contribution is 5.35. The zero-order valence-electron chi connectivity index (χ0n) is 5.96. The molecule has 0 aliphatic heterocycles. The molecule has 9 heavy (non-hydrogen) atoms. The van der Waals surface area contributed by atoms with Crippen LogP contribution in [-0.4, -0.2) is 0 Å². The van der Waals surface area contributed by atoms with Crippen molar-refractivity contribution in [3.05, 3.63) is 24.3 Å². The molecule has 0 aromatic heterocycles. The highest BCUT2D eigenvalue weighted by atomic mass is 14.6. The molecule has 1 spiro atoms. The number of hydrogen-bond acceptors (Lipinski definition) is 0. The van der Waals surface area contributed by atoms with E-state index in [2.05, 4.69) is 38.2 Å². The van der Waals surface area contributed by atoms with Crippen LogP contribution in [-0.2, 0) is 0 Å². The van der Waals surface area contributed by atoms with Gasteiger partial charge in [-0.2, -0.15) is 0 Å². The van der Waals surface area contributed by atoms with Crippen LogP contribution in [0.1, 0.15) is 13.8 Å². The lowest BCUT2D eigenvalue weighted by Crippen LogP contribution is -1.89. The van der Waals surface area contributed by atoms with Gasteiger partial charge in [-0.3, -0.25) is 0 Å². The van der Waals surface area contributed by atoms with E-state index in [1.165, 1.54) is 0 Å². The SMILES string of the molecule is CC1C(C)C12C=CC=C2. The molecule has 2 aliphatic rings. The monoisotopic (exact) mass is 120 g/mol. The van der Waals surface area contributed by atoms with E-state index in [4.69, 9.17) is 0 Å². The summed E-state index contributed by atoms with van der Waals surface area (Å²) < 4.78 is 0. The van der Waals surface area contributed by atoms with Gasteiger partial charge >= 0.3 is 0 Å². The van der Waals surface area contributed by atoms with E-state index in [-0.39, 0.29) is 0 Å². The van der Waals surface area contributed by atoms with Crippen molar-refractivity contribution in [2.24, 2.45) is 17.3 Å². The zero-order valence-corrected chi connectivity index (χ0v) is 5.96. The third-order valence-electron chi connectivity index (χ3n) is 3.10. The fourth-order valence-corrected chi connectivity index (χ4v) is 1.95. The lowest BCUT2D eigenvalue weighted by molar-refractivity contribution is 0.738. The van der Waals surface area contributed by atoms with Crippen LogP contribution in [0.3, 0.4) is 0 Å². The molecular weight excluding hydrogens is 108 g/mol. The number of allylic oxidation sites excluding steroid dienone is 4. The summed E-state index contributed by atoms with van der Waals surface area (Å²) in [6.07, 6.45) is 9.00. The molecule has 1 fully saturated rings. The lowest BCUT2D eigenvalue weighted by atomic mass is 10.1. The summed E-state index contributed by atoms with van der Waals surface area (Å²) in [4.78, 5) is 0. The third-order valence-corrected chi connectivity index (χ3v) is 3.10. The molecule has 0 radical (unpaired) electrons. The first-order valence-corrected chi connectivity index (χ1v) is 3.64. The standard InChI is InChI=1S/C9H12/c1-7-8(2)9(7)5-3-4-6-9/h3-8H,1-2H3. The van der Waals surface area contributed by atoms with E-state index >= 15 is 0 Å². The second kappa shape index (κ2) is 1.31. The molecular formula is C9H12. The summed E-state index contributed by atoms with van der Waals surface area (Å²) in [5.74, 6) is 1.76. The minimum absolute atomic E-state index is 0.500. The molecule has 0 bridgehead atoms. The maximum absolute atomic E-state index is 2.34. The molecule has 0 amide bonds. The van der Waals surface area contributed by atoms with E-state index in [0.717, 1.165) is 11.8 Å². The van der Waals surface area contributed by atoms with Crippen LogP contribution in [0.5, 0.6) is 0 Å². The molecule has 48 valence electrons. The van der Waals surface area contributed by atoms with Crippen LogP contribution in [0.15, 0.2) is 24.3 Å². The van der Waals surface area contributed by atoms with Crippen LogP contribution in [0.2, 0.25) is 0 Å². The summed E-state index contributed by atoms with van der Waals surface area (Å²) in [6, 6.07) is 0.